The van der Waals surface area contributed by atoms with Crippen molar-refractivity contribution in [3.05, 3.63) is 93.0 Å². The zero-order chi connectivity index (χ0) is 20.0. The van der Waals surface area contributed by atoms with Gasteiger partial charge < -0.3 is 26.5 Å². The van der Waals surface area contributed by atoms with Crippen LogP contribution in [0.1, 0.15) is 22.3 Å². The summed E-state index contributed by atoms with van der Waals surface area (Å²) in [5, 5.41) is 0. The van der Waals surface area contributed by atoms with Gasteiger partial charge in [0.15, 0.2) is 18.0 Å². The third-order valence-corrected chi connectivity index (χ3v) is 5.82. The van der Waals surface area contributed by atoms with Gasteiger partial charge in [0.1, 0.15) is 18.2 Å². The van der Waals surface area contributed by atoms with Crippen molar-refractivity contribution < 1.29 is 39.8 Å². The summed E-state index contributed by atoms with van der Waals surface area (Å²) in [6.07, 6.45) is 0.800. The third-order valence-electron chi connectivity index (χ3n) is 5.29. The van der Waals surface area contributed by atoms with E-state index in [2.05, 4.69) is 20.5 Å². The molecule has 0 N–H and O–H groups in total. The van der Waals surface area contributed by atoms with E-state index in [0.29, 0.717) is 23.6 Å². The number of benzene rings is 3. The van der Waals surface area contributed by atoms with Gasteiger partial charge in [-0.25, -0.2) is 13.4 Å². The zero-order valence-corrected chi connectivity index (χ0v) is 19.0. The van der Waals surface area contributed by atoms with Gasteiger partial charge in [0.05, 0.1) is 11.1 Å². The number of hydrogen-bond donors (Lipinski definition) is 0. The van der Waals surface area contributed by atoms with E-state index in [4.69, 9.17) is 9.47 Å². The molecule has 0 unspecified atom stereocenters. The highest BCUT2D eigenvalue weighted by molar-refractivity contribution is 9.10. The van der Waals surface area contributed by atoms with Crippen molar-refractivity contribution in [3.63, 3.8) is 0 Å². The van der Waals surface area contributed by atoms with Gasteiger partial charge in [-0.1, -0.05) is 28.1 Å². The molecule has 0 aromatic heterocycles. The van der Waals surface area contributed by atoms with Gasteiger partial charge in [0.2, 0.25) is 12.5 Å². The zero-order valence-electron chi connectivity index (χ0n) is 15.8. The van der Waals surface area contributed by atoms with E-state index in [1.165, 1.54) is 12.1 Å². The Morgan fingerprint density at radius 3 is 2.37 bits per heavy atom. The Hall–Kier alpha value is -2.25. The van der Waals surface area contributed by atoms with Crippen LogP contribution < -0.4 is 26.5 Å². The minimum absolute atomic E-state index is 0. The molecule has 154 valence electrons. The standard InChI is InChI=1S/C23H17BrF2NO2.BrH/c24-16-3-1-14(2-4-16)12-27-8-7-15-9-21-22(29-13-28-21)11-19(15)23(27)18-6-5-17(25)10-20(18)26;/h1-6,9-11H,7-8,12-13H2;1H/q+1;/p-1. The molecule has 0 spiro atoms. The average Bonchev–Trinajstić information content (AvgIpc) is 3.16. The molecule has 30 heavy (non-hydrogen) atoms. The largest absolute Gasteiger partial charge is 1.00 e. The Morgan fingerprint density at radius 2 is 1.63 bits per heavy atom. The molecule has 0 amide bonds. The van der Waals surface area contributed by atoms with Crippen molar-refractivity contribution in [3.8, 4) is 11.5 Å². The molecular formula is C23H17Br2F2NO2. The van der Waals surface area contributed by atoms with E-state index < -0.39 is 11.6 Å². The van der Waals surface area contributed by atoms with Crippen LogP contribution in [0.4, 0.5) is 8.78 Å². The smallest absolute Gasteiger partial charge is 0.231 e. The summed E-state index contributed by atoms with van der Waals surface area (Å²) in [6, 6.07) is 15.7. The molecule has 5 rings (SSSR count). The van der Waals surface area contributed by atoms with Gasteiger partial charge in [-0.15, -0.1) is 0 Å². The second-order valence-corrected chi connectivity index (χ2v) is 8.05. The van der Waals surface area contributed by atoms with Crippen LogP contribution in [0.25, 0.3) is 0 Å². The first-order valence-electron chi connectivity index (χ1n) is 9.33. The molecule has 0 fully saturated rings. The third kappa shape index (κ3) is 3.88. The Labute approximate surface area is 191 Å². The highest BCUT2D eigenvalue weighted by Gasteiger charge is 2.32. The molecule has 2 heterocycles. The predicted molar refractivity (Wildman–Crippen MR) is 109 cm³/mol. The summed E-state index contributed by atoms with van der Waals surface area (Å²) in [7, 11) is 0. The number of hydrogen-bond acceptors (Lipinski definition) is 2. The topological polar surface area (TPSA) is 21.5 Å². The molecule has 7 heteroatoms. The fourth-order valence-electron chi connectivity index (χ4n) is 3.91. The summed E-state index contributed by atoms with van der Waals surface area (Å²) in [5.41, 5.74) is 4.19. The molecule has 0 saturated heterocycles. The van der Waals surface area contributed by atoms with Gasteiger partial charge in [0.25, 0.3) is 0 Å². The second kappa shape index (κ2) is 8.47. The molecule has 2 aliphatic rings. The van der Waals surface area contributed by atoms with Gasteiger partial charge >= 0.3 is 0 Å². The Kier molecular flexibility index (Phi) is 5.93. The molecule has 3 nitrogen and oxygen atoms in total. The van der Waals surface area contributed by atoms with Gasteiger partial charge in [-0.05, 0) is 42.0 Å². The Bertz CT molecular complexity index is 1150. The fraction of sp³-hybridized carbons (Fsp3) is 0.174. The number of ether oxygens (including phenoxy) is 2. The molecule has 3 aromatic carbocycles. The van der Waals surface area contributed by atoms with Crippen molar-refractivity contribution >= 4 is 21.6 Å². The fourth-order valence-corrected chi connectivity index (χ4v) is 4.18. The van der Waals surface area contributed by atoms with Crippen molar-refractivity contribution in [1.82, 2.24) is 0 Å². The molecule has 0 bridgehead atoms. The average molecular weight is 537 g/mol. The summed E-state index contributed by atoms with van der Waals surface area (Å²) < 4.78 is 42.6. The SMILES string of the molecule is Fc1ccc(C2=[N+](Cc3ccc(Br)cc3)CCc3cc4c(cc32)OCO4)c(F)c1.[Br-]. The lowest BCUT2D eigenvalue weighted by Gasteiger charge is -2.20. The molecular weight excluding hydrogens is 520 g/mol. The van der Waals surface area contributed by atoms with Crippen LogP contribution in [0, 0.1) is 11.6 Å². The second-order valence-electron chi connectivity index (χ2n) is 7.13. The summed E-state index contributed by atoms with van der Waals surface area (Å²) in [4.78, 5) is 0. The van der Waals surface area contributed by atoms with E-state index in [0.717, 1.165) is 45.9 Å². The minimum atomic E-state index is -0.590. The molecule has 0 atom stereocenters. The van der Waals surface area contributed by atoms with Crippen molar-refractivity contribution in [1.29, 1.82) is 0 Å². The van der Waals surface area contributed by atoms with Crippen LogP contribution in [0.15, 0.2) is 59.1 Å². The first-order valence-corrected chi connectivity index (χ1v) is 10.1. The van der Waals surface area contributed by atoms with Crippen molar-refractivity contribution in [2.24, 2.45) is 0 Å². The predicted octanol–water partition coefficient (Wildman–Crippen LogP) is 2.07. The molecule has 0 radical (unpaired) electrons. The first kappa shape index (κ1) is 21.0. The van der Waals surface area contributed by atoms with Gasteiger partial charge in [-0.3, -0.25) is 0 Å². The number of fused-ring (bicyclic) bond motifs is 2. The summed E-state index contributed by atoms with van der Waals surface area (Å²) >= 11 is 3.46. The van der Waals surface area contributed by atoms with E-state index >= 15 is 0 Å². The minimum Gasteiger partial charge on any atom is -1.00 e. The Morgan fingerprint density at radius 1 is 0.900 bits per heavy atom. The molecule has 2 aliphatic heterocycles. The first-order chi connectivity index (χ1) is 14.1. The van der Waals surface area contributed by atoms with E-state index in [1.807, 2.05) is 36.4 Å². The maximum Gasteiger partial charge on any atom is 0.231 e. The lowest BCUT2D eigenvalue weighted by atomic mass is 9.91. The van der Waals surface area contributed by atoms with Gasteiger partial charge in [-0.2, -0.15) is 0 Å². The maximum absolute atomic E-state index is 14.8. The summed E-state index contributed by atoms with van der Waals surface area (Å²) in [5.74, 6) is 0.192. The van der Waals surface area contributed by atoms with Crippen LogP contribution in [-0.2, 0) is 13.0 Å². The maximum atomic E-state index is 14.8. The van der Waals surface area contributed by atoms with Crippen LogP contribution >= 0.6 is 15.9 Å². The van der Waals surface area contributed by atoms with Crippen molar-refractivity contribution in [2.75, 3.05) is 13.3 Å². The molecule has 3 aromatic rings. The van der Waals surface area contributed by atoms with E-state index in [-0.39, 0.29) is 23.8 Å². The van der Waals surface area contributed by atoms with Crippen LogP contribution in [0.5, 0.6) is 11.5 Å². The van der Waals surface area contributed by atoms with E-state index in [9.17, 15) is 8.78 Å². The number of halogens is 4. The monoisotopic (exact) mass is 535 g/mol. The molecule has 0 saturated carbocycles. The Balaban J connectivity index is 0.00000218. The quantitative estimate of drug-likeness (QED) is 0.478. The lowest BCUT2D eigenvalue weighted by Crippen LogP contribution is -3.00. The van der Waals surface area contributed by atoms with Crippen LogP contribution in [0.3, 0.4) is 0 Å². The normalized spacial score (nSPS) is 14.4. The number of rotatable bonds is 3. The highest BCUT2D eigenvalue weighted by Crippen LogP contribution is 2.37. The summed E-state index contributed by atoms with van der Waals surface area (Å²) in [6.45, 7) is 1.52. The van der Waals surface area contributed by atoms with Crippen LogP contribution in [0.2, 0.25) is 0 Å². The van der Waals surface area contributed by atoms with Crippen molar-refractivity contribution in [2.45, 2.75) is 13.0 Å². The van der Waals surface area contributed by atoms with E-state index in [1.54, 1.807) is 0 Å². The van der Waals surface area contributed by atoms with Gasteiger partial charge in [0, 0.05) is 22.5 Å². The number of nitrogens with zero attached hydrogens (tertiary/aromatic N) is 1. The lowest BCUT2D eigenvalue weighted by molar-refractivity contribution is -0.544. The molecule has 0 aliphatic carbocycles. The van der Waals surface area contributed by atoms with Crippen LogP contribution in [-0.4, -0.2) is 23.6 Å². The highest BCUT2D eigenvalue weighted by atomic mass is 79.9.